The zero-order valence-electron chi connectivity index (χ0n) is 12.3. The lowest BCUT2D eigenvalue weighted by atomic mass is 9.98. The second-order valence-electron chi connectivity index (χ2n) is 6.24. The van der Waals surface area contributed by atoms with Gasteiger partial charge in [0.25, 0.3) is 0 Å². The summed E-state index contributed by atoms with van der Waals surface area (Å²) in [7, 11) is 0. The van der Waals surface area contributed by atoms with Gasteiger partial charge in [0.2, 0.25) is 11.7 Å². The van der Waals surface area contributed by atoms with E-state index in [1.165, 1.54) is 12.8 Å². The van der Waals surface area contributed by atoms with E-state index in [2.05, 4.69) is 22.0 Å². The summed E-state index contributed by atoms with van der Waals surface area (Å²) in [5.41, 5.74) is 5.68. The molecule has 0 amide bonds. The number of ether oxygens (including phenoxy) is 1. The van der Waals surface area contributed by atoms with E-state index in [0.29, 0.717) is 17.8 Å². The Kier molecular flexibility index (Phi) is 3.79. The summed E-state index contributed by atoms with van der Waals surface area (Å²) in [6.45, 7) is 6.81. The lowest BCUT2D eigenvalue weighted by molar-refractivity contribution is -0.0548. The first-order valence-electron chi connectivity index (χ1n) is 7.59. The second-order valence-corrected chi connectivity index (χ2v) is 6.24. The second kappa shape index (κ2) is 5.42. The topological polar surface area (TPSA) is 77.4 Å². The zero-order chi connectivity index (χ0) is 14.2. The monoisotopic (exact) mass is 280 g/mol. The molecule has 6 heteroatoms. The Balaban J connectivity index is 1.70. The molecule has 1 aromatic heterocycles. The maximum Gasteiger partial charge on any atom is 0.246 e. The molecular weight excluding hydrogens is 256 g/mol. The van der Waals surface area contributed by atoms with Crippen LogP contribution in [0.15, 0.2) is 4.52 Å². The standard InChI is InChI=1S/C14H24N4O2/c1-3-6-14(2,15)13-16-12(17-20-13)11-8-18-7-4-5-10(18)9-19-11/h10-11H,3-9,15H2,1-2H3. The molecule has 2 aliphatic heterocycles. The van der Waals surface area contributed by atoms with Crippen LogP contribution < -0.4 is 5.73 Å². The van der Waals surface area contributed by atoms with Gasteiger partial charge in [-0.15, -0.1) is 0 Å². The molecule has 1 aromatic rings. The van der Waals surface area contributed by atoms with Crippen LogP contribution in [0.4, 0.5) is 0 Å². The van der Waals surface area contributed by atoms with Crippen molar-refractivity contribution in [3.05, 3.63) is 11.7 Å². The van der Waals surface area contributed by atoms with E-state index in [0.717, 1.165) is 32.5 Å². The van der Waals surface area contributed by atoms with Crippen molar-refractivity contribution in [1.82, 2.24) is 15.0 Å². The molecule has 0 saturated carbocycles. The SMILES string of the molecule is CCCC(C)(N)c1nc(C2CN3CCCC3CO2)no1. The summed E-state index contributed by atoms with van der Waals surface area (Å²) in [6.07, 6.45) is 4.23. The molecule has 2 saturated heterocycles. The van der Waals surface area contributed by atoms with Gasteiger partial charge in [-0.2, -0.15) is 4.98 Å². The van der Waals surface area contributed by atoms with Gasteiger partial charge in [-0.3, -0.25) is 4.90 Å². The highest BCUT2D eigenvalue weighted by atomic mass is 16.5. The van der Waals surface area contributed by atoms with Crippen molar-refractivity contribution in [3.8, 4) is 0 Å². The molecule has 3 atom stereocenters. The van der Waals surface area contributed by atoms with Gasteiger partial charge in [0.15, 0.2) is 0 Å². The van der Waals surface area contributed by atoms with Gasteiger partial charge in [-0.1, -0.05) is 18.5 Å². The molecule has 0 aromatic carbocycles. The zero-order valence-corrected chi connectivity index (χ0v) is 12.3. The molecule has 6 nitrogen and oxygen atoms in total. The molecule has 3 rings (SSSR count). The molecule has 112 valence electrons. The van der Waals surface area contributed by atoms with Crippen molar-refractivity contribution in [3.63, 3.8) is 0 Å². The fraction of sp³-hybridized carbons (Fsp3) is 0.857. The Morgan fingerprint density at radius 3 is 3.15 bits per heavy atom. The summed E-state index contributed by atoms with van der Waals surface area (Å²) < 4.78 is 11.3. The smallest absolute Gasteiger partial charge is 0.246 e. The summed E-state index contributed by atoms with van der Waals surface area (Å²) in [4.78, 5) is 6.95. The van der Waals surface area contributed by atoms with Crippen molar-refractivity contribution in [2.45, 2.75) is 57.2 Å². The van der Waals surface area contributed by atoms with Crippen LogP contribution in [0.5, 0.6) is 0 Å². The number of aromatic nitrogens is 2. The molecule has 2 fully saturated rings. The number of nitrogens with two attached hydrogens (primary N) is 1. The van der Waals surface area contributed by atoms with Gasteiger partial charge >= 0.3 is 0 Å². The van der Waals surface area contributed by atoms with E-state index >= 15 is 0 Å². The van der Waals surface area contributed by atoms with Crippen LogP contribution in [-0.2, 0) is 10.3 Å². The van der Waals surface area contributed by atoms with Crippen LogP contribution in [0, 0.1) is 0 Å². The third-order valence-electron chi connectivity index (χ3n) is 4.38. The number of morpholine rings is 1. The predicted molar refractivity (Wildman–Crippen MR) is 74.0 cm³/mol. The normalized spacial score (nSPS) is 30.1. The fourth-order valence-corrected chi connectivity index (χ4v) is 3.20. The van der Waals surface area contributed by atoms with Crippen LogP contribution in [0.3, 0.4) is 0 Å². The molecular formula is C14H24N4O2. The molecule has 2 aliphatic rings. The van der Waals surface area contributed by atoms with E-state index in [-0.39, 0.29) is 6.10 Å². The minimum absolute atomic E-state index is 0.0840. The number of rotatable bonds is 4. The number of hydrogen-bond donors (Lipinski definition) is 1. The lowest BCUT2D eigenvalue weighted by Gasteiger charge is -2.33. The van der Waals surface area contributed by atoms with E-state index < -0.39 is 5.54 Å². The van der Waals surface area contributed by atoms with Crippen LogP contribution in [0.1, 0.15) is 57.3 Å². The van der Waals surface area contributed by atoms with E-state index in [1.807, 2.05) is 6.92 Å². The Labute approximate surface area is 119 Å². The van der Waals surface area contributed by atoms with Gasteiger partial charge < -0.3 is 15.0 Å². The predicted octanol–water partition coefficient (Wildman–Crippen LogP) is 1.58. The van der Waals surface area contributed by atoms with Gasteiger partial charge in [-0.05, 0) is 32.7 Å². The van der Waals surface area contributed by atoms with Crippen molar-refractivity contribution < 1.29 is 9.26 Å². The Morgan fingerprint density at radius 1 is 1.50 bits per heavy atom. The van der Waals surface area contributed by atoms with E-state index in [4.69, 9.17) is 15.0 Å². The third-order valence-corrected chi connectivity index (χ3v) is 4.38. The van der Waals surface area contributed by atoms with E-state index in [1.54, 1.807) is 0 Å². The molecule has 2 N–H and O–H groups in total. The summed E-state index contributed by atoms with van der Waals surface area (Å²) in [5.74, 6) is 1.15. The maximum atomic E-state index is 6.23. The maximum absolute atomic E-state index is 6.23. The average molecular weight is 280 g/mol. The van der Waals surface area contributed by atoms with Gasteiger partial charge in [0, 0.05) is 12.6 Å². The van der Waals surface area contributed by atoms with Crippen LogP contribution in [0.25, 0.3) is 0 Å². The van der Waals surface area contributed by atoms with E-state index in [9.17, 15) is 0 Å². The Bertz CT molecular complexity index is 460. The molecule has 3 unspecified atom stereocenters. The highest BCUT2D eigenvalue weighted by molar-refractivity contribution is 5.03. The summed E-state index contributed by atoms with van der Waals surface area (Å²) in [6, 6.07) is 0.581. The number of nitrogens with zero attached hydrogens (tertiary/aromatic N) is 3. The van der Waals surface area contributed by atoms with Gasteiger partial charge in [0.05, 0.1) is 12.1 Å². The van der Waals surface area contributed by atoms with Gasteiger partial charge in [-0.25, -0.2) is 0 Å². The molecule has 20 heavy (non-hydrogen) atoms. The lowest BCUT2D eigenvalue weighted by Crippen LogP contribution is -2.42. The summed E-state index contributed by atoms with van der Waals surface area (Å²) in [5, 5.41) is 4.08. The highest BCUT2D eigenvalue weighted by Crippen LogP contribution is 2.30. The Morgan fingerprint density at radius 2 is 2.35 bits per heavy atom. The van der Waals surface area contributed by atoms with Crippen molar-refractivity contribution >= 4 is 0 Å². The van der Waals surface area contributed by atoms with Crippen molar-refractivity contribution in [1.29, 1.82) is 0 Å². The highest BCUT2D eigenvalue weighted by Gasteiger charge is 2.36. The van der Waals surface area contributed by atoms with Gasteiger partial charge in [0.1, 0.15) is 6.10 Å². The molecule has 0 spiro atoms. The average Bonchev–Trinajstić information content (AvgIpc) is 3.07. The largest absolute Gasteiger partial charge is 0.367 e. The molecule has 3 heterocycles. The first-order valence-corrected chi connectivity index (χ1v) is 7.59. The molecule has 0 bridgehead atoms. The summed E-state index contributed by atoms with van der Waals surface area (Å²) >= 11 is 0. The first-order chi connectivity index (χ1) is 9.60. The quantitative estimate of drug-likeness (QED) is 0.902. The fourth-order valence-electron chi connectivity index (χ4n) is 3.20. The minimum atomic E-state index is -0.551. The van der Waals surface area contributed by atoms with Crippen molar-refractivity contribution in [2.75, 3.05) is 19.7 Å². The van der Waals surface area contributed by atoms with Crippen LogP contribution in [0.2, 0.25) is 0 Å². The number of hydrogen-bond acceptors (Lipinski definition) is 6. The first kappa shape index (κ1) is 14.0. The van der Waals surface area contributed by atoms with Crippen molar-refractivity contribution in [2.24, 2.45) is 5.73 Å². The number of fused-ring (bicyclic) bond motifs is 1. The third kappa shape index (κ3) is 2.60. The van der Waals surface area contributed by atoms with Crippen LogP contribution >= 0.6 is 0 Å². The minimum Gasteiger partial charge on any atom is -0.367 e. The molecule has 0 radical (unpaired) electrons. The Hall–Kier alpha value is -0.980. The molecule has 0 aliphatic carbocycles. The van der Waals surface area contributed by atoms with Crippen LogP contribution in [-0.4, -0.2) is 40.8 Å².